The average Bonchev–Trinajstić information content (AvgIpc) is 2.88. The first-order valence-electron chi connectivity index (χ1n) is 6.24. The maximum Gasteiger partial charge on any atom is 0.133 e. The zero-order chi connectivity index (χ0) is 13.2. The van der Waals surface area contributed by atoms with Gasteiger partial charge < -0.3 is 5.32 Å². The van der Waals surface area contributed by atoms with E-state index >= 15 is 0 Å². The molecule has 0 fully saturated rings. The third-order valence-corrected chi connectivity index (χ3v) is 4.10. The van der Waals surface area contributed by atoms with E-state index < -0.39 is 0 Å². The van der Waals surface area contributed by atoms with Gasteiger partial charge in [-0.3, -0.25) is 0 Å². The Bertz CT molecular complexity index is 616. The first-order valence-corrected chi connectivity index (χ1v) is 7.04. The van der Waals surface area contributed by atoms with Gasteiger partial charge in [-0.05, 0) is 43.0 Å². The molecular formula is C14H13BrFN3. The van der Waals surface area contributed by atoms with Crippen LogP contribution >= 0.6 is 15.9 Å². The van der Waals surface area contributed by atoms with Crippen LogP contribution in [0.4, 0.5) is 10.2 Å². The lowest BCUT2D eigenvalue weighted by atomic mass is 10.2. The molecule has 1 aromatic heterocycles. The van der Waals surface area contributed by atoms with Gasteiger partial charge in [-0.2, -0.15) is 0 Å². The van der Waals surface area contributed by atoms with Crippen molar-refractivity contribution in [1.82, 2.24) is 9.97 Å². The van der Waals surface area contributed by atoms with Crippen LogP contribution in [-0.4, -0.2) is 9.97 Å². The second-order valence-electron chi connectivity index (χ2n) is 4.59. The smallest absolute Gasteiger partial charge is 0.133 e. The maximum atomic E-state index is 13.2. The van der Waals surface area contributed by atoms with E-state index in [1.165, 1.54) is 17.7 Å². The molecule has 5 heteroatoms. The Hall–Kier alpha value is -1.49. The molecule has 0 radical (unpaired) electrons. The quantitative estimate of drug-likeness (QED) is 0.940. The fourth-order valence-corrected chi connectivity index (χ4v) is 2.76. The number of halogens is 2. The first kappa shape index (κ1) is 12.5. The number of hydrogen-bond donors (Lipinski definition) is 1. The summed E-state index contributed by atoms with van der Waals surface area (Å²) in [7, 11) is 0. The number of aryl methyl sites for hydroxylation is 1. The number of nitrogens with zero attached hydrogens (tertiary/aromatic N) is 2. The number of fused-ring (bicyclic) bond motifs is 1. The highest BCUT2D eigenvalue weighted by atomic mass is 79.9. The second-order valence-corrected chi connectivity index (χ2v) is 5.44. The highest BCUT2D eigenvalue weighted by molar-refractivity contribution is 9.10. The van der Waals surface area contributed by atoms with Crippen LogP contribution in [0.25, 0.3) is 0 Å². The van der Waals surface area contributed by atoms with Gasteiger partial charge in [0.25, 0.3) is 0 Å². The van der Waals surface area contributed by atoms with Crippen molar-refractivity contribution in [2.45, 2.75) is 25.8 Å². The monoisotopic (exact) mass is 321 g/mol. The van der Waals surface area contributed by atoms with E-state index in [4.69, 9.17) is 0 Å². The van der Waals surface area contributed by atoms with E-state index in [-0.39, 0.29) is 5.82 Å². The summed E-state index contributed by atoms with van der Waals surface area (Å²) < 4.78 is 14.1. The Morgan fingerprint density at radius 2 is 2.16 bits per heavy atom. The van der Waals surface area contributed by atoms with Gasteiger partial charge in [0.05, 0.1) is 0 Å². The van der Waals surface area contributed by atoms with E-state index in [1.54, 1.807) is 12.4 Å². The van der Waals surface area contributed by atoms with E-state index in [0.717, 1.165) is 40.8 Å². The zero-order valence-electron chi connectivity index (χ0n) is 10.3. The Labute approximate surface area is 119 Å². The lowest BCUT2D eigenvalue weighted by molar-refractivity contribution is 0.625. The molecule has 0 amide bonds. The molecule has 98 valence electrons. The molecule has 1 N–H and O–H groups in total. The second kappa shape index (κ2) is 5.25. The summed E-state index contributed by atoms with van der Waals surface area (Å²) in [5.41, 5.74) is 3.22. The third kappa shape index (κ3) is 2.61. The molecule has 0 spiro atoms. The van der Waals surface area contributed by atoms with Gasteiger partial charge >= 0.3 is 0 Å². The lowest BCUT2D eigenvalue weighted by Gasteiger charge is -2.10. The van der Waals surface area contributed by atoms with Crippen LogP contribution in [-0.2, 0) is 19.4 Å². The van der Waals surface area contributed by atoms with Crippen molar-refractivity contribution in [3.63, 3.8) is 0 Å². The van der Waals surface area contributed by atoms with Gasteiger partial charge in [0.15, 0.2) is 0 Å². The molecule has 0 atom stereocenters. The summed E-state index contributed by atoms with van der Waals surface area (Å²) in [4.78, 5) is 8.57. The molecule has 0 saturated carbocycles. The summed E-state index contributed by atoms with van der Waals surface area (Å²) in [6.07, 6.45) is 4.76. The normalized spacial score (nSPS) is 13.4. The molecule has 3 nitrogen and oxygen atoms in total. The molecule has 0 bridgehead atoms. The van der Waals surface area contributed by atoms with Crippen LogP contribution in [0, 0.1) is 5.82 Å². The van der Waals surface area contributed by atoms with Gasteiger partial charge in [-0.1, -0.05) is 15.9 Å². The lowest BCUT2D eigenvalue weighted by Crippen LogP contribution is -2.06. The van der Waals surface area contributed by atoms with Gasteiger partial charge in [-0.15, -0.1) is 0 Å². The molecule has 1 aliphatic rings. The van der Waals surface area contributed by atoms with Gasteiger partial charge in [-0.25, -0.2) is 14.4 Å². The number of rotatable bonds is 3. The zero-order valence-corrected chi connectivity index (χ0v) is 11.9. The summed E-state index contributed by atoms with van der Waals surface area (Å²) in [6, 6.07) is 4.69. The van der Waals surface area contributed by atoms with Crippen molar-refractivity contribution in [3.8, 4) is 0 Å². The molecule has 0 aliphatic heterocycles. The molecule has 3 rings (SSSR count). The van der Waals surface area contributed by atoms with E-state index in [2.05, 4.69) is 31.2 Å². The Morgan fingerprint density at radius 3 is 3.05 bits per heavy atom. The Morgan fingerprint density at radius 1 is 1.26 bits per heavy atom. The molecule has 1 aromatic carbocycles. The van der Waals surface area contributed by atoms with Crippen molar-refractivity contribution in [1.29, 1.82) is 0 Å². The standard InChI is InChI=1S/C14H13BrFN3/c15-12-5-4-10(16)6-9(12)7-17-14-11-2-1-3-13(11)18-8-19-14/h4-6,8H,1-3,7H2,(H,17,18,19). The maximum absolute atomic E-state index is 13.2. The van der Waals surface area contributed by atoms with Crippen LogP contribution in [0.5, 0.6) is 0 Å². The molecule has 1 aliphatic carbocycles. The topological polar surface area (TPSA) is 37.8 Å². The summed E-state index contributed by atoms with van der Waals surface area (Å²) in [6.45, 7) is 0.543. The van der Waals surface area contributed by atoms with Crippen LogP contribution in [0.15, 0.2) is 29.0 Å². The fourth-order valence-electron chi connectivity index (χ4n) is 2.37. The highest BCUT2D eigenvalue weighted by Gasteiger charge is 2.16. The summed E-state index contributed by atoms with van der Waals surface area (Å²) in [5.74, 6) is 0.645. The van der Waals surface area contributed by atoms with Crippen molar-refractivity contribution >= 4 is 21.7 Å². The molecule has 19 heavy (non-hydrogen) atoms. The van der Waals surface area contributed by atoms with E-state index in [0.29, 0.717) is 6.54 Å². The average molecular weight is 322 g/mol. The van der Waals surface area contributed by atoms with E-state index in [1.807, 2.05) is 0 Å². The van der Waals surface area contributed by atoms with Crippen LogP contribution in [0.3, 0.4) is 0 Å². The van der Waals surface area contributed by atoms with Crippen LogP contribution in [0.2, 0.25) is 0 Å². The summed E-state index contributed by atoms with van der Waals surface area (Å²) in [5, 5.41) is 3.28. The van der Waals surface area contributed by atoms with Crippen molar-refractivity contribution in [2.24, 2.45) is 0 Å². The minimum atomic E-state index is -0.229. The number of nitrogens with one attached hydrogen (secondary N) is 1. The Balaban J connectivity index is 1.80. The molecular weight excluding hydrogens is 309 g/mol. The Kier molecular flexibility index (Phi) is 3.46. The van der Waals surface area contributed by atoms with Gasteiger partial charge in [0.2, 0.25) is 0 Å². The number of benzene rings is 1. The molecule has 2 aromatic rings. The van der Waals surface area contributed by atoms with Gasteiger partial charge in [0, 0.05) is 22.3 Å². The molecule has 0 saturated heterocycles. The van der Waals surface area contributed by atoms with Crippen molar-refractivity contribution in [3.05, 3.63) is 51.6 Å². The molecule has 1 heterocycles. The number of anilines is 1. The van der Waals surface area contributed by atoms with Crippen LogP contribution < -0.4 is 5.32 Å². The fraction of sp³-hybridized carbons (Fsp3) is 0.286. The predicted octanol–water partition coefficient (Wildman–Crippen LogP) is 3.48. The molecule has 0 unspecified atom stereocenters. The van der Waals surface area contributed by atoms with Gasteiger partial charge in [0.1, 0.15) is 18.0 Å². The predicted molar refractivity (Wildman–Crippen MR) is 75.5 cm³/mol. The SMILES string of the molecule is Fc1ccc(Br)c(CNc2ncnc3c2CCC3)c1. The first-order chi connectivity index (χ1) is 9.24. The third-order valence-electron chi connectivity index (χ3n) is 3.33. The highest BCUT2D eigenvalue weighted by Crippen LogP contribution is 2.26. The van der Waals surface area contributed by atoms with Crippen molar-refractivity contribution < 1.29 is 4.39 Å². The summed E-state index contributed by atoms with van der Waals surface area (Å²) >= 11 is 3.43. The minimum Gasteiger partial charge on any atom is -0.366 e. The largest absolute Gasteiger partial charge is 0.366 e. The number of aromatic nitrogens is 2. The number of hydrogen-bond acceptors (Lipinski definition) is 3. The van der Waals surface area contributed by atoms with Crippen LogP contribution in [0.1, 0.15) is 23.2 Å². The minimum absolute atomic E-state index is 0.229. The van der Waals surface area contributed by atoms with Crippen molar-refractivity contribution in [2.75, 3.05) is 5.32 Å². The van der Waals surface area contributed by atoms with E-state index in [9.17, 15) is 4.39 Å².